The molecular formula is C19H15BrN4O3. The Hall–Kier alpha value is -3.13. The molecule has 2 aromatic carbocycles. The third kappa shape index (κ3) is 3.19. The molecule has 1 aliphatic heterocycles. The van der Waals surface area contributed by atoms with Gasteiger partial charge in [-0.25, -0.2) is 9.59 Å². The molecule has 0 radical (unpaired) electrons. The Kier molecular flexibility index (Phi) is 4.41. The number of anilines is 1. The number of nitrogens with zero attached hydrogens (tertiary/aromatic N) is 1. The largest absolute Gasteiger partial charge is 0.330 e. The number of carbonyl (C=O) groups excluding carboxylic acids is 1. The van der Waals surface area contributed by atoms with Gasteiger partial charge in [-0.05, 0) is 17.2 Å². The monoisotopic (exact) mass is 426 g/mol. The van der Waals surface area contributed by atoms with Crippen molar-refractivity contribution in [2.75, 3.05) is 5.32 Å². The van der Waals surface area contributed by atoms with Crippen molar-refractivity contribution in [1.29, 1.82) is 0 Å². The molecule has 0 saturated heterocycles. The molecule has 1 aliphatic rings. The fraction of sp³-hybridized carbons (Fsp3) is 0.105. The SMILES string of the molecule is O=C1Nc2c(c(=O)[nH]c(=O)n2Cc2ccccc2)C(c2ccccc2Br)N1. The first kappa shape index (κ1) is 17.3. The average Bonchev–Trinajstić information content (AvgIpc) is 2.65. The molecule has 0 bridgehead atoms. The summed E-state index contributed by atoms with van der Waals surface area (Å²) in [4.78, 5) is 39.7. The van der Waals surface area contributed by atoms with Gasteiger partial charge in [0.15, 0.2) is 0 Å². The van der Waals surface area contributed by atoms with Crippen LogP contribution in [-0.2, 0) is 6.54 Å². The standard InChI is InChI=1S/C19H15BrN4O3/c20-13-9-5-4-8-12(13)15-14-16(22-18(26)21-15)24(19(27)23-17(14)25)10-11-6-2-1-3-7-11/h1-9,15H,10H2,(H2,21,22,26)(H,23,25,27). The number of nitrogens with one attached hydrogen (secondary N) is 3. The number of aromatic nitrogens is 2. The van der Waals surface area contributed by atoms with E-state index in [0.29, 0.717) is 0 Å². The summed E-state index contributed by atoms with van der Waals surface area (Å²) < 4.78 is 2.12. The fourth-order valence-corrected chi connectivity index (χ4v) is 3.71. The van der Waals surface area contributed by atoms with Crippen LogP contribution >= 0.6 is 15.9 Å². The minimum Gasteiger partial charge on any atom is -0.327 e. The van der Waals surface area contributed by atoms with Gasteiger partial charge < -0.3 is 5.32 Å². The predicted octanol–water partition coefficient (Wildman–Crippen LogP) is 2.57. The van der Waals surface area contributed by atoms with E-state index in [9.17, 15) is 14.4 Å². The van der Waals surface area contributed by atoms with E-state index in [2.05, 4.69) is 31.5 Å². The van der Waals surface area contributed by atoms with Crippen LogP contribution in [0.5, 0.6) is 0 Å². The average molecular weight is 427 g/mol. The highest BCUT2D eigenvalue weighted by Gasteiger charge is 2.32. The van der Waals surface area contributed by atoms with Gasteiger partial charge in [0, 0.05) is 4.47 Å². The smallest absolute Gasteiger partial charge is 0.327 e. The van der Waals surface area contributed by atoms with Crippen molar-refractivity contribution in [3.63, 3.8) is 0 Å². The molecule has 0 fully saturated rings. The van der Waals surface area contributed by atoms with E-state index >= 15 is 0 Å². The quantitative estimate of drug-likeness (QED) is 0.600. The number of benzene rings is 2. The summed E-state index contributed by atoms with van der Waals surface area (Å²) in [5.74, 6) is 0.206. The van der Waals surface area contributed by atoms with Gasteiger partial charge in [-0.1, -0.05) is 64.5 Å². The molecule has 2 heterocycles. The minimum atomic E-state index is -0.685. The molecule has 1 atom stereocenters. The molecule has 2 amide bonds. The predicted molar refractivity (Wildman–Crippen MR) is 105 cm³/mol. The maximum absolute atomic E-state index is 12.6. The number of aromatic amines is 1. The molecule has 8 heteroatoms. The molecule has 3 aromatic rings. The molecule has 136 valence electrons. The number of H-pyrrole nitrogens is 1. The molecule has 0 saturated carbocycles. The van der Waals surface area contributed by atoms with Crippen molar-refractivity contribution >= 4 is 27.8 Å². The van der Waals surface area contributed by atoms with Crippen LogP contribution in [0.25, 0.3) is 0 Å². The molecule has 1 unspecified atom stereocenters. The van der Waals surface area contributed by atoms with Gasteiger partial charge in [0.2, 0.25) is 0 Å². The van der Waals surface area contributed by atoms with Gasteiger partial charge in [0.25, 0.3) is 5.56 Å². The summed E-state index contributed by atoms with van der Waals surface area (Å²) in [6, 6.07) is 15.5. The summed E-state index contributed by atoms with van der Waals surface area (Å²) in [6.07, 6.45) is 0. The van der Waals surface area contributed by atoms with Crippen LogP contribution in [0.15, 0.2) is 68.7 Å². The van der Waals surface area contributed by atoms with Crippen LogP contribution < -0.4 is 21.9 Å². The van der Waals surface area contributed by atoms with Gasteiger partial charge >= 0.3 is 11.7 Å². The first-order valence-corrected chi connectivity index (χ1v) is 9.07. The molecule has 0 spiro atoms. The summed E-state index contributed by atoms with van der Waals surface area (Å²) in [7, 11) is 0. The Morgan fingerprint density at radius 3 is 2.41 bits per heavy atom. The van der Waals surface area contributed by atoms with Crippen molar-refractivity contribution in [2.24, 2.45) is 0 Å². The third-order valence-corrected chi connectivity index (χ3v) is 5.15. The van der Waals surface area contributed by atoms with E-state index in [1.165, 1.54) is 4.57 Å². The second-order valence-corrected chi connectivity index (χ2v) is 7.00. The van der Waals surface area contributed by atoms with Crippen molar-refractivity contribution in [1.82, 2.24) is 14.9 Å². The second kappa shape index (κ2) is 6.88. The van der Waals surface area contributed by atoms with E-state index in [1.54, 1.807) is 0 Å². The first-order chi connectivity index (χ1) is 13.0. The lowest BCUT2D eigenvalue weighted by atomic mass is 9.98. The molecule has 3 N–H and O–H groups in total. The number of hydrogen-bond donors (Lipinski definition) is 3. The lowest BCUT2D eigenvalue weighted by Gasteiger charge is -2.29. The maximum Gasteiger partial charge on any atom is 0.330 e. The molecule has 0 aliphatic carbocycles. The van der Waals surface area contributed by atoms with E-state index in [0.717, 1.165) is 15.6 Å². The summed E-state index contributed by atoms with van der Waals surface area (Å²) in [6.45, 7) is 0.224. The lowest BCUT2D eigenvalue weighted by molar-refractivity contribution is 0.248. The van der Waals surface area contributed by atoms with Gasteiger partial charge in [0.1, 0.15) is 5.82 Å². The van der Waals surface area contributed by atoms with E-state index in [1.807, 2.05) is 54.6 Å². The summed E-state index contributed by atoms with van der Waals surface area (Å²) in [5, 5.41) is 5.39. The van der Waals surface area contributed by atoms with E-state index < -0.39 is 23.3 Å². The molecule has 4 rings (SSSR count). The van der Waals surface area contributed by atoms with Crippen molar-refractivity contribution < 1.29 is 4.79 Å². The van der Waals surface area contributed by atoms with Crippen LogP contribution in [0.4, 0.5) is 10.6 Å². The number of urea groups is 1. The number of halogens is 1. The van der Waals surface area contributed by atoms with Crippen LogP contribution in [0.1, 0.15) is 22.7 Å². The topological polar surface area (TPSA) is 96.0 Å². The molecule has 27 heavy (non-hydrogen) atoms. The Balaban J connectivity index is 1.92. The molecular weight excluding hydrogens is 412 g/mol. The Morgan fingerprint density at radius 1 is 0.963 bits per heavy atom. The van der Waals surface area contributed by atoms with Gasteiger partial charge in [0.05, 0.1) is 18.2 Å². The number of fused-ring (bicyclic) bond motifs is 1. The van der Waals surface area contributed by atoms with Crippen molar-refractivity contribution in [3.05, 3.63) is 96.6 Å². The lowest BCUT2D eigenvalue weighted by Crippen LogP contribution is -2.46. The van der Waals surface area contributed by atoms with Gasteiger partial charge in [-0.3, -0.25) is 19.7 Å². The first-order valence-electron chi connectivity index (χ1n) is 8.27. The Labute approximate surface area is 162 Å². The maximum atomic E-state index is 12.6. The third-order valence-electron chi connectivity index (χ3n) is 4.43. The number of hydrogen-bond acceptors (Lipinski definition) is 3. The number of carbonyl (C=O) groups is 1. The molecule has 7 nitrogen and oxygen atoms in total. The van der Waals surface area contributed by atoms with Crippen LogP contribution in [0.3, 0.4) is 0 Å². The van der Waals surface area contributed by atoms with Gasteiger partial charge in [-0.15, -0.1) is 0 Å². The minimum absolute atomic E-state index is 0.206. The van der Waals surface area contributed by atoms with Crippen molar-refractivity contribution in [3.8, 4) is 0 Å². The Bertz CT molecular complexity index is 1140. The van der Waals surface area contributed by atoms with Gasteiger partial charge in [-0.2, -0.15) is 0 Å². The van der Waals surface area contributed by atoms with Crippen LogP contribution in [-0.4, -0.2) is 15.6 Å². The number of rotatable bonds is 3. The van der Waals surface area contributed by atoms with Crippen LogP contribution in [0.2, 0.25) is 0 Å². The summed E-state index contributed by atoms with van der Waals surface area (Å²) >= 11 is 3.46. The summed E-state index contributed by atoms with van der Waals surface area (Å²) in [5.41, 5.74) is 0.781. The molecule has 1 aromatic heterocycles. The Morgan fingerprint density at radius 2 is 1.67 bits per heavy atom. The van der Waals surface area contributed by atoms with E-state index in [-0.39, 0.29) is 17.9 Å². The zero-order valence-electron chi connectivity index (χ0n) is 14.0. The number of amides is 2. The van der Waals surface area contributed by atoms with E-state index in [4.69, 9.17) is 0 Å². The normalized spacial score (nSPS) is 15.6. The highest BCUT2D eigenvalue weighted by molar-refractivity contribution is 9.10. The highest BCUT2D eigenvalue weighted by atomic mass is 79.9. The zero-order chi connectivity index (χ0) is 19.0. The fourth-order valence-electron chi connectivity index (χ4n) is 3.20. The zero-order valence-corrected chi connectivity index (χ0v) is 15.6. The second-order valence-electron chi connectivity index (χ2n) is 6.15. The van der Waals surface area contributed by atoms with Crippen LogP contribution in [0, 0.1) is 0 Å². The highest BCUT2D eigenvalue weighted by Crippen LogP contribution is 2.32. The van der Waals surface area contributed by atoms with Crippen molar-refractivity contribution in [2.45, 2.75) is 12.6 Å².